The van der Waals surface area contributed by atoms with E-state index in [9.17, 15) is 4.79 Å². The van der Waals surface area contributed by atoms with Crippen LogP contribution in [0, 0.1) is 5.92 Å². The Kier molecular flexibility index (Phi) is 6.35. The van der Waals surface area contributed by atoms with Gasteiger partial charge in [0.15, 0.2) is 5.78 Å². The number of carbonyl (C=O) groups excluding carboxylic acids is 1. The van der Waals surface area contributed by atoms with Crippen LogP contribution in [0.25, 0.3) is 0 Å². The summed E-state index contributed by atoms with van der Waals surface area (Å²) in [6.45, 7) is 11.7. The number of hydrogen-bond acceptors (Lipinski definition) is 1. The molecule has 0 aliphatic heterocycles. The highest BCUT2D eigenvalue weighted by Gasteiger charge is 2.03. The van der Waals surface area contributed by atoms with E-state index in [0.717, 1.165) is 11.1 Å². The van der Waals surface area contributed by atoms with Crippen LogP contribution >= 0.6 is 0 Å². The van der Waals surface area contributed by atoms with Crippen molar-refractivity contribution in [2.75, 3.05) is 0 Å². The van der Waals surface area contributed by atoms with E-state index in [2.05, 4.69) is 20.4 Å². The first-order chi connectivity index (χ1) is 6.99. The predicted molar refractivity (Wildman–Crippen MR) is 66.7 cm³/mol. The molecule has 1 nitrogen and oxygen atoms in total. The number of carbonyl (C=O) groups is 1. The summed E-state index contributed by atoms with van der Waals surface area (Å²) in [5.41, 5.74) is 2.06. The maximum atomic E-state index is 10.8. The average molecular weight is 204 g/mol. The van der Waals surface area contributed by atoms with Gasteiger partial charge < -0.3 is 0 Å². The van der Waals surface area contributed by atoms with Crippen LogP contribution in [0.4, 0.5) is 0 Å². The first-order valence-electron chi connectivity index (χ1n) is 5.19. The normalized spacial score (nSPS) is 13.0. The Morgan fingerprint density at radius 1 is 1.27 bits per heavy atom. The Hall–Kier alpha value is -1.37. The molecule has 0 saturated carbocycles. The summed E-state index contributed by atoms with van der Waals surface area (Å²) in [5, 5.41) is 0. The van der Waals surface area contributed by atoms with Gasteiger partial charge in [-0.05, 0) is 37.0 Å². The van der Waals surface area contributed by atoms with Gasteiger partial charge in [-0.15, -0.1) is 0 Å². The highest BCUT2D eigenvalue weighted by molar-refractivity contribution is 5.87. The van der Waals surface area contributed by atoms with E-state index >= 15 is 0 Å². The predicted octanol–water partition coefficient (Wildman–Crippen LogP) is 3.85. The summed E-state index contributed by atoms with van der Waals surface area (Å²) >= 11 is 0. The van der Waals surface area contributed by atoms with Crippen molar-refractivity contribution >= 4 is 5.78 Å². The van der Waals surface area contributed by atoms with Crippen molar-refractivity contribution in [3.8, 4) is 0 Å². The fourth-order valence-electron chi connectivity index (χ4n) is 1.18. The molecular weight excluding hydrogens is 184 g/mol. The standard InChI is InChI=1S/C14H20O/c1-6-7-8-14(11(2)3)12(4)9-10-13(5)15/h6-11H,4H2,1-3,5H3/b7-6-,10-9-,14-8-. The maximum Gasteiger partial charge on any atom is 0.152 e. The molecule has 0 amide bonds. The molecule has 0 aliphatic rings. The van der Waals surface area contributed by atoms with Crippen molar-refractivity contribution in [2.45, 2.75) is 27.7 Å². The van der Waals surface area contributed by atoms with E-state index in [4.69, 9.17) is 0 Å². The van der Waals surface area contributed by atoms with Crippen molar-refractivity contribution in [1.82, 2.24) is 0 Å². The summed E-state index contributed by atoms with van der Waals surface area (Å²) in [4.78, 5) is 10.8. The lowest BCUT2D eigenvalue weighted by Gasteiger charge is -2.10. The van der Waals surface area contributed by atoms with Gasteiger partial charge in [0.05, 0.1) is 0 Å². The summed E-state index contributed by atoms with van der Waals surface area (Å²) in [5.74, 6) is 0.454. The van der Waals surface area contributed by atoms with Crippen LogP contribution in [0.3, 0.4) is 0 Å². The molecule has 0 unspecified atom stereocenters. The van der Waals surface area contributed by atoms with Gasteiger partial charge in [0.1, 0.15) is 0 Å². The zero-order chi connectivity index (χ0) is 11.8. The average Bonchev–Trinajstić information content (AvgIpc) is 2.14. The fourth-order valence-corrected chi connectivity index (χ4v) is 1.18. The molecule has 0 saturated heterocycles. The highest BCUT2D eigenvalue weighted by atomic mass is 16.1. The lowest BCUT2D eigenvalue weighted by molar-refractivity contribution is -0.112. The summed E-state index contributed by atoms with van der Waals surface area (Å²) in [6, 6.07) is 0. The Labute approximate surface area is 92.9 Å². The van der Waals surface area contributed by atoms with E-state index in [0.29, 0.717) is 5.92 Å². The third-order valence-corrected chi connectivity index (χ3v) is 1.98. The van der Waals surface area contributed by atoms with Crippen molar-refractivity contribution in [3.63, 3.8) is 0 Å². The number of hydrogen-bond donors (Lipinski definition) is 0. The third-order valence-electron chi connectivity index (χ3n) is 1.98. The van der Waals surface area contributed by atoms with Crippen molar-refractivity contribution < 1.29 is 4.79 Å². The molecule has 0 atom stereocenters. The molecule has 0 radical (unpaired) electrons. The topological polar surface area (TPSA) is 17.1 Å². The van der Waals surface area contributed by atoms with Gasteiger partial charge in [0.2, 0.25) is 0 Å². The lowest BCUT2D eigenvalue weighted by atomic mass is 9.95. The van der Waals surface area contributed by atoms with Crippen LogP contribution in [0.5, 0.6) is 0 Å². The molecule has 0 bridgehead atoms. The molecule has 0 aliphatic carbocycles. The minimum atomic E-state index is 0.0466. The first kappa shape index (κ1) is 13.6. The van der Waals surface area contributed by atoms with Gasteiger partial charge in [-0.25, -0.2) is 0 Å². The van der Waals surface area contributed by atoms with Crippen molar-refractivity contribution in [1.29, 1.82) is 0 Å². The van der Waals surface area contributed by atoms with Gasteiger partial charge >= 0.3 is 0 Å². The highest BCUT2D eigenvalue weighted by Crippen LogP contribution is 2.19. The van der Waals surface area contributed by atoms with E-state index in [1.807, 2.05) is 25.2 Å². The maximum absolute atomic E-state index is 10.8. The van der Waals surface area contributed by atoms with Gasteiger partial charge in [-0.2, -0.15) is 0 Å². The molecule has 0 aromatic carbocycles. The summed E-state index contributed by atoms with van der Waals surface area (Å²) in [6.07, 6.45) is 9.33. The van der Waals surface area contributed by atoms with E-state index in [-0.39, 0.29) is 5.78 Å². The van der Waals surface area contributed by atoms with Crippen LogP contribution < -0.4 is 0 Å². The zero-order valence-electron chi connectivity index (χ0n) is 10.1. The van der Waals surface area contributed by atoms with Crippen LogP contribution in [0.2, 0.25) is 0 Å². The molecule has 82 valence electrons. The molecule has 0 N–H and O–H groups in total. The Morgan fingerprint density at radius 3 is 2.27 bits per heavy atom. The van der Waals surface area contributed by atoms with Gasteiger partial charge in [-0.3, -0.25) is 4.79 Å². The molecule has 0 aromatic heterocycles. The molecule has 1 heteroatoms. The second-order valence-corrected chi connectivity index (χ2v) is 3.77. The first-order valence-corrected chi connectivity index (χ1v) is 5.19. The molecule has 0 heterocycles. The monoisotopic (exact) mass is 204 g/mol. The smallest absolute Gasteiger partial charge is 0.152 e. The minimum Gasteiger partial charge on any atom is -0.295 e. The fraction of sp³-hybridized carbons (Fsp3) is 0.357. The molecule has 15 heavy (non-hydrogen) atoms. The molecule has 0 rings (SSSR count). The summed E-state index contributed by atoms with van der Waals surface area (Å²) < 4.78 is 0. The third kappa shape index (κ3) is 5.84. The molecular formula is C14H20O. The molecule has 0 aromatic rings. The number of allylic oxidation sites excluding steroid dienone is 7. The Bertz CT molecular complexity index is 314. The minimum absolute atomic E-state index is 0.0466. The Morgan fingerprint density at radius 2 is 1.87 bits per heavy atom. The number of ketones is 1. The van der Waals surface area contributed by atoms with Crippen LogP contribution in [0.1, 0.15) is 27.7 Å². The van der Waals surface area contributed by atoms with Crippen molar-refractivity contribution in [2.24, 2.45) is 5.92 Å². The van der Waals surface area contributed by atoms with Crippen LogP contribution in [-0.4, -0.2) is 5.78 Å². The molecule has 0 fully saturated rings. The van der Waals surface area contributed by atoms with Crippen LogP contribution in [-0.2, 0) is 4.79 Å². The summed E-state index contributed by atoms with van der Waals surface area (Å²) in [7, 11) is 0. The van der Waals surface area contributed by atoms with Crippen molar-refractivity contribution in [3.05, 3.63) is 48.1 Å². The van der Waals surface area contributed by atoms with E-state index < -0.39 is 0 Å². The Balaban J connectivity index is 4.79. The number of rotatable bonds is 5. The SMILES string of the molecule is C=C(/C=C\C(C)=O)/C(=C\C=C/C)C(C)C. The second-order valence-electron chi connectivity index (χ2n) is 3.77. The molecule has 0 spiro atoms. The largest absolute Gasteiger partial charge is 0.295 e. The van der Waals surface area contributed by atoms with Crippen LogP contribution in [0.15, 0.2) is 48.1 Å². The quantitative estimate of drug-likeness (QED) is 0.491. The van der Waals surface area contributed by atoms with Gasteiger partial charge in [0.25, 0.3) is 0 Å². The van der Waals surface area contributed by atoms with Gasteiger partial charge in [-0.1, -0.05) is 44.7 Å². The zero-order valence-corrected chi connectivity index (χ0v) is 10.1. The van der Waals surface area contributed by atoms with Gasteiger partial charge in [0, 0.05) is 0 Å². The van der Waals surface area contributed by atoms with E-state index in [1.54, 1.807) is 12.2 Å². The lowest BCUT2D eigenvalue weighted by Crippen LogP contribution is -1.95. The van der Waals surface area contributed by atoms with E-state index in [1.165, 1.54) is 6.92 Å². The second kappa shape index (κ2) is 6.99.